The van der Waals surface area contributed by atoms with Gasteiger partial charge >= 0.3 is 0 Å². The molecule has 0 spiro atoms. The molecule has 1 nitrogen and oxygen atoms in total. The molecule has 0 radical (unpaired) electrons. The van der Waals surface area contributed by atoms with Gasteiger partial charge in [0.1, 0.15) is 5.82 Å². The molecule has 0 aromatic heterocycles. The molecule has 192 valence electrons. The van der Waals surface area contributed by atoms with Gasteiger partial charge in [-0.3, -0.25) is 0 Å². The van der Waals surface area contributed by atoms with E-state index in [9.17, 15) is 8.78 Å². The maximum absolute atomic E-state index is 15.0. The van der Waals surface area contributed by atoms with E-state index in [-0.39, 0.29) is 17.3 Å². The summed E-state index contributed by atoms with van der Waals surface area (Å²) in [4.78, 5) is 0. The molecular formula is C32H37F3O. The fourth-order valence-corrected chi connectivity index (χ4v) is 5.23. The number of hydrogen-bond acceptors (Lipinski definition) is 1. The molecule has 36 heavy (non-hydrogen) atoms. The van der Waals surface area contributed by atoms with Crippen LogP contribution in [0.15, 0.2) is 54.6 Å². The van der Waals surface area contributed by atoms with Gasteiger partial charge in [-0.25, -0.2) is 13.2 Å². The SMILES string of the molecule is CCCCCCc1ccc(-c2ccc(-c3ccc(C4CCC(CCC)OC4)c(F)c3)cc2)c(F)c1F. The molecule has 2 atom stereocenters. The van der Waals surface area contributed by atoms with Gasteiger partial charge in [-0.2, -0.15) is 0 Å². The van der Waals surface area contributed by atoms with Gasteiger partial charge in [0.2, 0.25) is 0 Å². The lowest BCUT2D eigenvalue weighted by molar-refractivity contribution is -0.00172. The standard InChI is InChI=1S/C32H37F3O/c1-3-5-6-7-9-24-15-19-29(32(35)31(24)34)23-12-10-22(11-13-23)25-16-18-28(30(33)20-25)26-14-17-27(8-4-2)36-21-26/h10-13,15-16,18-20,26-27H,3-9,14,17,21H2,1-2H3. The molecule has 3 aromatic carbocycles. The summed E-state index contributed by atoms with van der Waals surface area (Å²) in [6, 6.07) is 15.9. The molecular weight excluding hydrogens is 457 g/mol. The van der Waals surface area contributed by atoms with Gasteiger partial charge in [-0.05, 0) is 66.0 Å². The number of unbranched alkanes of at least 4 members (excludes halogenated alkanes) is 3. The van der Waals surface area contributed by atoms with Gasteiger partial charge < -0.3 is 4.74 Å². The normalized spacial score (nSPS) is 17.9. The first-order chi connectivity index (χ1) is 17.5. The number of rotatable bonds is 10. The Labute approximate surface area is 213 Å². The summed E-state index contributed by atoms with van der Waals surface area (Å²) >= 11 is 0. The second-order valence-electron chi connectivity index (χ2n) is 10.0. The lowest BCUT2D eigenvalue weighted by atomic mass is 9.89. The molecule has 0 amide bonds. The molecule has 1 fully saturated rings. The molecule has 0 saturated carbocycles. The Bertz CT molecular complexity index is 1130. The van der Waals surface area contributed by atoms with Crippen molar-refractivity contribution in [1.29, 1.82) is 0 Å². The van der Waals surface area contributed by atoms with Crippen LogP contribution in [0.1, 0.15) is 82.3 Å². The summed E-state index contributed by atoms with van der Waals surface area (Å²) in [5.41, 5.74) is 3.58. The van der Waals surface area contributed by atoms with Crippen LogP contribution in [-0.4, -0.2) is 12.7 Å². The van der Waals surface area contributed by atoms with Crippen LogP contribution in [0.3, 0.4) is 0 Å². The van der Waals surface area contributed by atoms with Crippen LogP contribution in [-0.2, 0) is 11.2 Å². The van der Waals surface area contributed by atoms with Crippen LogP contribution < -0.4 is 0 Å². The highest BCUT2D eigenvalue weighted by Gasteiger charge is 2.24. The van der Waals surface area contributed by atoms with Gasteiger partial charge in [-0.15, -0.1) is 0 Å². The van der Waals surface area contributed by atoms with E-state index in [2.05, 4.69) is 13.8 Å². The van der Waals surface area contributed by atoms with Gasteiger partial charge in [0.25, 0.3) is 0 Å². The molecule has 3 aromatic rings. The van der Waals surface area contributed by atoms with Crippen molar-refractivity contribution in [2.45, 2.75) is 83.7 Å². The third-order valence-electron chi connectivity index (χ3n) is 7.41. The Morgan fingerprint density at radius 1 is 0.750 bits per heavy atom. The maximum atomic E-state index is 15.0. The Kier molecular flexibility index (Phi) is 9.25. The monoisotopic (exact) mass is 494 g/mol. The minimum absolute atomic E-state index is 0.0852. The van der Waals surface area contributed by atoms with Crippen molar-refractivity contribution in [3.8, 4) is 22.3 Å². The van der Waals surface area contributed by atoms with Crippen LogP contribution in [0.25, 0.3) is 22.3 Å². The Morgan fingerprint density at radius 3 is 2.17 bits per heavy atom. The van der Waals surface area contributed by atoms with Crippen molar-refractivity contribution in [3.05, 3.63) is 83.2 Å². The van der Waals surface area contributed by atoms with Gasteiger partial charge in [0, 0.05) is 11.5 Å². The van der Waals surface area contributed by atoms with Crippen LogP contribution in [0.2, 0.25) is 0 Å². The quantitative estimate of drug-likeness (QED) is 0.255. The summed E-state index contributed by atoms with van der Waals surface area (Å²) in [5.74, 6) is -1.69. The van der Waals surface area contributed by atoms with Crippen molar-refractivity contribution in [2.75, 3.05) is 6.61 Å². The van der Waals surface area contributed by atoms with Crippen LogP contribution >= 0.6 is 0 Å². The molecule has 1 aliphatic heterocycles. The molecule has 1 saturated heterocycles. The second-order valence-corrected chi connectivity index (χ2v) is 10.0. The molecule has 1 heterocycles. The third-order valence-corrected chi connectivity index (χ3v) is 7.41. The first kappa shape index (κ1) is 26.5. The Morgan fingerprint density at radius 2 is 1.50 bits per heavy atom. The van der Waals surface area contributed by atoms with Crippen molar-refractivity contribution in [3.63, 3.8) is 0 Å². The number of hydrogen-bond donors (Lipinski definition) is 0. The van der Waals surface area contributed by atoms with E-state index < -0.39 is 11.6 Å². The van der Waals surface area contributed by atoms with Gasteiger partial charge in [0.05, 0.1) is 12.7 Å². The summed E-state index contributed by atoms with van der Waals surface area (Å²) in [6.07, 6.45) is 9.02. The highest BCUT2D eigenvalue weighted by molar-refractivity contribution is 5.71. The predicted octanol–water partition coefficient (Wildman–Crippen LogP) is 9.62. The summed E-state index contributed by atoms with van der Waals surface area (Å²) in [5, 5.41) is 0. The molecule has 0 aliphatic carbocycles. The minimum Gasteiger partial charge on any atom is -0.378 e. The minimum atomic E-state index is -0.804. The predicted molar refractivity (Wildman–Crippen MR) is 142 cm³/mol. The topological polar surface area (TPSA) is 9.23 Å². The van der Waals surface area contributed by atoms with E-state index >= 15 is 4.39 Å². The zero-order valence-corrected chi connectivity index (χ0v) is 21.5. The average molecular weight is 495 g/mol. The Balaban J connectivity index is 1.45. The molecule has 4 heteroatoms. The molecule has 4 rings (SSSR count). The van der Waals surface area contributed by atoms with Crippen LogP contribution in [0, 0.1) is 17.5 Å². The Hall–Kier alpha value is -2.59. The van der Waals surface area contributed by atoms with E-state index in [4.69, 9.17) is 4.74 Å². The van der Waals surface area contributed by atoms with Crippen molar-refractivity contribution < 1.29 is 17.9 Å². The fraction of sp³-hybridized carbons (Fsp3) is 0.438. The molecule has 1 aliphatic rings. The summed E-state index contributed by atoms with van der Waals surface area (Å²) in [7, 11) is 0. The third kappa shape index (κ3) is 6.21. The first-order valence-electron chi connectivity index (χ1n) is 13.5. The second kappa shape index (κ2) is 12.6. The molecule has 0 N–H and O–H groups in total. The van der Waals surface area contributed by atoms with Crippen molar-refractivity contribution in [2.24, 2.45) is 0 Å². The van der Waals surface area contributed by atoms with Crippen LogP contribution in [0.4, 0.5) is 13.2 Å². The van der Waals surface area contributed by atoms with E-state index in [0.717, 1.165) is 62.5 Å². The van der Waals surface area contributed by atoms with Crippen molar-refractivity contribution >= 4 is 0 Å². The number of halogens is 3. The maximum Gasteiger partial charge on any atom is 0.166 e. The average Bonchev–Trinajstić information content (AvgIpc) is 2.90. The highest BCUT2D eigenvalue weighted by atomic mass is 19.2. The van der Waals surface area contributed by atoms with Gasteiger partial charge in [0.15, 0.2) is 11.6 Å². The molecule has 2 unspecified atom stereocenters. The smallest absolute Gasteiger partial charge is 0.166 e. The number of benzene rings is 3. The highest BCUT2D eigenvalue weighted by Crippen LogP contribution is 2.34. The van der Waals surface area contributed by atoms with Gasteiger partial charge in [-0.1, -0.05) is 88.1 Å². The lowest BCUT2D eigenvalue weighted by Gasteiger charge is -2.29. The zero-order chi connectivity index (χ0) is 25.5. The number of aryl methyl sites for hydroxylation is 1. The van der Waals surface area contributed by atoms with Crippen molar-refractivity contribution in [1.82, 2.24) is 0 Å². The zero-order valence-electron chi connectivity index (χ0n) is 21.5. The first-order valence-corrected chi connectivity index (χ1v) is 13.5. The number of ether oxygens (including phenoxy) is 1. The largest absolute Gasteiger partial charge is 0.378 e. The summed E-state index contributed by atoms with van der Waals surface area (Å²) in [6.45, 7) is 4.84. The summed E-state index contributed by atoms with van der Waals surface area (Å²) < 4.78 is 50.5. The van der Waals surface area contributed by atoms with E-state index in [1.165, 1.54) is 0 Å². The fourth-order valence-electron chi connectivity index (χ4n) is 5.23. The van der Waals surface area contributed by atoms with Crippen LogP contribution in [0.5, 0.6) is 0 Å². The van der Waals surface area contributed by atoms with E-state index in [1.807, 2.05) is 24.3 Å². The van der Waals surface area contributed by atoms with E-state index in [1.54, 1.807) is 30.3 Å². The van der Waals surface area contributed by atoms with E-state index in [0.29, 0.717) is 35.8 Å². The lowest BCUT2D eigenvalue weighted by Crippen LogP contribution is -2.25. The molecule has 0 bridgehead atoms.